The van der Waals surface area contributed by atoms with Gasteiger partial charge in [-0.3, -0.25) is 0 Å². The van der Waals surface area contributed by atoms with Crippen molar-refractivity contribution in [3.63, 3.8) is 0 Å². The normalized spacial score (nSPS) is 11.7. The Morgan fingerprint density at radius 2 is 1.57 bits per heavy atom. The summed E-state index contributed by atoms with van der Waals surface area (Å²) in [5.41, 5.74) is 1.22. The third kappa shape index (κ3) is 4.47. The molecule has 0 aliphatic carbocycles. The van der Waals surface area contributed by atoms with Crippen molar-refractivity contribution in [2.75, 3.05) is 0 Å². The smallest absolute Gasteiger partial charge is 0.417 e. The molecule has 0 N–H and O–H groups in total. The molecule has 2 heterocycles. The number of aromatic nitrogens is 3. The first-order chi connectivity index (χ1) is 16.8. The number of alkyl halides is 3. The van der Waals surface area contributed by atoms with Crippen LogP contribution in [0.15, 0.2) is 84.9 Å². The van der Waals surface area contributed by atoms with Crippen molar-refractivity contribution in [1.29, 1.82) is 0 Å². The van der Waals surface area contributed by atoms with Gasteiger partial charge in [0.25, 0.3) is 0 Å². The molecule has 0 spiro atoms. The highest BCUT2D eigenvalue weighted by atomic mass is 19.4. The van der Waals surface area contributed by atoms with Crippen LogP contribution in [0.5, 0.6) is 5.75 Å². The first-order valence-electron chi connectivity index (χ1n) is 10.8. The molecule has 3 aromatic carbocycles. The lowest BCUT2D eigenvalue weighted by Crippen LogP contribution is -2.08. The number of pyridine rings is 1. The van der Waals surface area contributed by atoms with Crippen LogP contribution in [0.2, 0.25) is 0 Å². The zero-order chi connectivity index (χ0) is 24.6. The van der Waals surface area contributed by atoms with Crippen molar-refractivity contribution in [1.82, 2.24) is 14.8 Å². The largest absolute Gasteiger partial charge is 0.489 e. The van der Waals surface area contributed by atoms with Gasteiger partial charge in [-0.1, -0.05) is 36.4 Å². The van der Waals surface area contributed by atoms with Gasteiger partial charge in [0, 0.05) is 11.1 Å². The van der Waals surface area contributed by atoms with E-state index in [-0.39, 0.29) is 34.8 Å². The lowest BCUT2D eigenvalue weighted by molar-refractivity contribution is -0.136. The fourth-order valence-corrected chi connectivity index (χ4v) is 3.91. The van der Waals surface area contributed by atoms with Crippen LogP contribution in [0.4, 0.5) is 17.6 Å². The molecule has 5 aromatic rings. The summed E-state index contributed by atoms with van der Waals surface area (Å²) < 4.78 is 63.0. The van der Waals surface area contributed by atoms with Crippen LogP contribution < -0.4 is 4.74 Å². The number of hydrogen-bond acceptors (Lipinski definition) is 3. The highest BCUT2D eigenvalue weighted by Crippen LogP contribution is 2.38. The molecule has 0 saturated carbocycles. The summed E-state index contributed by atoms with van der Waals surface area (Å²) in [6.45, 7) is 1.57. The zero-order valence-electron chi connectivity index (χ0n) is 18.6. The monoisotopic (exact) mass is 477 g/mol. The van der Waals surface area contributed by atoms with Gasteiger partial charge in [-0.05, 0) is 55.5 Å². The van der Waals surface area contributed by atoms with E-state index in [4.69, 9.17) is 4.74 Å². The van der Waals surface area contributed by atoms with Crippen LogP contribution in [0.3, 0.4) is 0 Å². The Labute approximate surface area is 198 Å². The van der Waals surface area contributed by atoms with Crippen LogP contribution in [0, 0.1) is 12.7 Å². The number of ether oxygens (including phenoxy) is 1. The number of rotatable bonds is 5. The second-order valence-electron chi connectivity index (χ2n) is 7.99. The summed E-state index contributed by atoms with van der Waals surface area (Å²) in [5, 5.41) is 4.31. The van der Waals surface area contributed by atoms with Crippen LogP contribution >= 0.6 is 0 Å². The van der Waals surface area contributed by atoms with Gasteiger partial charge < -0.3 is 4.74 Å². The number of fused-ring (bicyclic) bond motifs is 1. The average molecular weight is 477 g/mol. The number of para-hydroxylation sites is 1. The van der Waals surface area contributed by atoms with Crippen molar-refractivity contribution in [3.05, 3.63) is 108 Å². The molecular weight excluding hydrogens is 458 g/mol. The van der Waals surface area contributed by atoms with Crippen LogP contribution in [0.1, 0.15) is 16.8 Å². The average Bonchev–Trinajstić information content (AvgIpc) is 3.19. The summed E-state index contributed by atoms with van der Waals surface area (Å²) >= 11 is 0. The molecule has 35 heavy (non-hydrogen) atoms. The van der Waals surface area contributed by atoms with E-state index in [1.165, 1.54) is 10.7 Å². The Balaban J connectivity index is 1.54. The van der Waals surface area contributed by atoms with Crippen LogP contribution in [0.25, 0.3) is 28.0 Å². The van der Waals surface area contributed by atoms with Crippen molar-refractivity contribution < 1.29 is 22.3 Å². The van der Waals surface area contributed by atoms with E-state index < -0.39 is 11.7 Å². The van der Waals surface area contributed by atoms with Crippen molar-refractivity contribution in [2.45, 2.75) is 19.7 Å². The fraction of sp³-hybridized carbons (Fsp3) is 0.111. The lowest BCUT2D eigenvalue weighted by Gasteiger charge is -2.12. The van der Waals surface area contributed by atoms with E-state index in [9.17, 15) is 17.6 Å². The number of hydrogen-bond donors (Lipinski definition) is 0. The van der Waals surface area contributed by atoms with Crippen molar-refractivity contribution >= 4 is 11.0 Å². The highest BCUT2D eigenvalue weighted by molar-refractivity contribution is 5.87. The number of halogens is 4. The minimum absolute atomic E-state index is 0.0317. The summed E-state index contributed by atoms with van der Waals surface area (Å²) in [7, 11) is 0. The van der Waals surface area contributed by atoms with E-state index in [2.05, 4.69) is 10.1 Å². The SMILES string of the molecule is Cc1nn(-c2ccccc2)c2nc(-c3ccc(OCc4ccccc4F)cc3)cc(C(F)(F)F)c12. The lowest BCUT2D eigenvalue weighted by atomic mass is 10.0. The van der Waals surface area contributed by atoms with Gasteiger partial charge in [0.05, 0.1) is 28.0 Å². The Kier molecular flexibility index (Phi) is 5.72. The van der Waals surface area contributed by atoms with E-state index in [0.717, 1.165) is 6.07 Å². The Morgan fingerprint density at radius 3 is 2.26 bits per heavy atom. The Morgan fingerprint density at radius 1 is 0.886 bits per heavy atom. The maximum absolute atomic E-state index is 14.0. The molecule has 0 unspecified atom stereocenters. The van der Waals surface area contributed by atoms with Crippen molar-refractivity contribution in [2.24, 2.45) is 0 Å². The number of aryl methyl sites for hydroxylation is 1. The maximum Gasteiger partial charge on any atom is 0.417 e. The van der Waals surface area contributed by atoms with Gasteiger partial charge in [0.2, 0.25) is 0 Å². The third-order valence-electron chi connectivity index (χ3n) is 5.62. The fourth-order valence-electron chi connectivity index (χ4n) is 3.91. The van der Waals surface area contributed by atoms with Gasteiger partial charge in [0.15, 0.2) is 5.65 Å². The summed E-state index contributed by atoms with van der Waals surface area (Å²) in [4.78, 5) is 4.56. The van der Waals surface area contributed by atoms with Gasteiger partial charge in [-0.15, -0.1) is 0 Å². The van der Waals surface area contributed by atoms with Gasteiger partial charge in [0.1, 0.15) is 18.2 Å². The van der Waals surface area contributed by atoms with E-state index in [1.54, 1.807) is 73.7 Å². The quantitative estimate of drug-likeness (QED) is 0.253. The van der Waals surface area contributed by atoms with E-state index >= 15 is 0 Å². The van der Waals surface area contributed by atoms with Crippen LogP contribution in [-0.2, 0) is 12.8 Å². The summed E-state index contributed by atoms with van der Waals surface area (Å²) in [5.74, 6) is 0.0888. The molecule has 0 fully saturated rings. The van der Waals surface area contributed by atoms with Gasteiger partial charge in [-0.2, -0.15) is 18.3 Å². The van der Waals surface area contributed by atoms with E-state index in [1.807, 2.05) is 6.07 Å². The molecule has 0 aliphatic rings. The molecule has 0 saturated heterocycles. The summed E-state index contributed by atoms with van der Waals surface area (Å²) in [6, 6.07) is 22.7. The van der Waals surface area contributed by atoms with Gasteiger partial charge >= 0.3 is 6.18 Å². The molecule has 0 aliphatic heterocycles. The Bertz CT molecular complexity index is 1490. The number of benzene rings is 3. The zero-order valence-corrected chi connectivity index (χ0v) is 18.6. The molecule has 0 radical (unpaired) electrons. The first-order valence-corrected chi connectivity index (χ1v) is 10.8. The standard InChI is InChI=1S/C27H19F4N3O/c1-17-25-22(27(29,30)31)15-24(32-26(25)34(33-17)20-8-3-2-4-9-20)18-11-13-21(14-12-18)35-16-19-7-5-6-10-23(19)28/h2-15H,16H2,1H3. The first kappa shape index (κ1) is 22.6. The highest BCUT2D eigenvalue weighted by Gasteiger charge is 2.35. The minimum Gasteiger partial charge on any atom is -0.489 e. The molecule has 0 amide bonds. The molecule has 8 heteroatoms. The molecule has 176 valence electrons. The second kappa shape index (κ2) is 8.87. The van der Waals surface area contributed by atoms with Crippen LogP contribution in [-0.4, -0.2) is 14.8 Å². The predicted molar refractivity (Wildman–Crippen MR) is 125 cm³/mol. The Hall–Kier alpha value is -4.20. The number of nitrogens with zero attached hydrogens (tertiary/aromatic N) is 3. The second-order valence-corrected chi connectivity index (χ2v) is 7.99. The summed E-state index contributed by atoms with van der Waals surface area (Å²) in [6.07, 6.45) is -4.59. The molecular formula is C27H19F4N3O. The predicted octanol–water partition coefficient (Wildman–Crippen LogP) is 7.13. The molecule has 2 aromatic heterocycles. The molecule has 4 nitrogen and oxygen atoms in total. The van der Waals surface area contributed by atoms with E-state index in [0.29, 0.717) is 22.6 Å². The molecule has 5 rings (SSSR count). The van der Waals surface area contributed by atoms with Gasteiger partial charge in [-0.25, -0.2) is 14.1 Å². The maximum atomic E-state index is 14.0. The third-order valence-corrected chi connectivity index (χ3v) is 5.62. The molecule has 0 bridgehead atoms. The minimum atomic E-state index is -4.59. The van der Waals surface area contributed by atoms with Crippen molar-refractivity contribution in [3.8, 4) is 22.7 Å². The topological polar surface area (TPSA) is 39.9 Å². The molecule has 0 atom stereocenters.